The molecule has 3 rings (SSSR count). The third-order valence-corrected chi connectivity index (χ3v) is 5.05. The summed E-state index contributed by atoms with van der Waals surface area (Å²) in [6.45, 7) is 3.05. The van der Waals surface area contributed by atoms with E-state index in [0.29, 0.717) is 13.2 Å². The molecule has 0 bridgehead atoms. The van der Waals surface area contributed by atoms with E-state index in [0.717, 1.165) is 27.6 Å². The quantitative estimate of drug-likeness (QED) is 0.542. The molecule has 2 aromatic carbocycles. The topological polar surface area (TPSA) is 62.7 Å². The highest BCUT2D eigenvalue weighted by atomic mass is 32.1. The molecule has 0 atom stereocenters. The fourth-order valence-electron chi connectivity index (χ4n) is 2.80. The van der Waals surface area contributed by atoms with Crippen LogP contribution in [0.1, 0.15) is 21.8 Å². The van der Waals surface area contributed by atoms with Crippen LogP contribution in [0.4, 0.5) is 0 Å². The van der Waals surface area contributed by atoms with Crippen LogP contribution in [0.3, 0.4) is 0 Å². The van der Waals surface area contributed by atoms with E-state index in [-0.39, 0.29) is 19.1 Å². The highest BCUT2D eigenvalue weighted by Crippen LogP contribution is 2.17. The van der Waals surface area contributed by atoms with Crippen molar-refractivity contribution in [1.82, 2.24) is 9.88 Å². The third-order valence-electron chi connectivity index (χ3n) is 4.23. The van der Waals surface area contributed by atoms with Crippen LogP contribution < -0.4 is 4.74 Å². The molecular weight excluding hydrogens is 384 g/mol. The molecule has 1 aromatic heterocycles. The molecule has 1 N–H and O–H groups in total. The number of nitrogens with zero attached hydrogens (tertiary/aromatic N) is 2. The molecule has 150 valence electrons. The number of thiazole rings is 1. The second-order valence-electron chi connectivity index (χ2n) is 6.52. The number of aromatic nitrogens is 1. The third kappa shape index (κ3) is 6.55. The minimum Gasteiger partial charge on any atom is -0.487 e. The summed E-state index contributed by atoms with van der Waals surface area (Å²) >= 11 is 1.60. The van der Waals surface area contributed by atoms with Crippen LogP contribution >= 0.6 is 11.3 Å². The highest BCUT2D eigenvalue weighted by molar-refractivity contribution is 7.09. The molecule has 0 unspecified atom stereocenters. The van der Waals surface area contributed by atoms with Gasteiger partial charge in [-0.3, -0.25) is 4.79 Å². The van der Waals surface area contributed by atoms with Gasteiger partial charge in [0.15, 0.2) is 0 Å². The molecular formula is C23H24N2O3S. The largest absolute Gasteiger partial charge is 0.487 e. The zero-order valence-corrected chi connectivity index (χ0v) is 17.1. The summed E-state index contributed by atoms with van der Waals surface area (Å²) < 4.78 is 5.80. The molecule has 29 heavy (non-hydrogen) atoms. The van der Waals surface area contributed by atoms with Gasteiger partial charge in [-0.2, -0.15) is 0 Å². The number of carbonyl (C=O) groups is 1. The van der Waals surface area contributed by atoms with Crippen LogP contribution in [-0.4, -0.2) is 34.0 Å². The summed E-state index contributed by atoms with van der Waals surface area (Å²) in [4.78, 5) is 18.6. The summed E-state index contributed by atoms with van der Waals surface area (Å²) in [6, 6.07) is 17.3. The van der Waals surface area contributed by atoms with Gasteiger partial charge in [0, 0.05) is 24.5 Å². The van der Waals surface area contributed by atoms with Gasteiger partial charge in [0.25, 0.3) is 0 Å². The number of aliphatic hydroxyl groups excluding tert-OH is 1. The predicted molar refractivity (Wildman–Crippen MR) is 116 cm³/mol. The lowest BCUT2D eigenvalue weighted by Crippen LogP contribution is -2.31. The fourth-order valence-corrected chi connectivity index (χ4v) is 3.40. The Labute approximate surface area is 174 Å². The lowest BCUT2D eigenvalue weighted by Gasteiger charge is -2.20. The van der Waals surface area contributed by atoms with E-state index < -0.39 is 0 Å². The first kappa shape index (κ1) is 20.8. The lowest BCUT2D eigenvalue weighted by molar-refractivity contribution is -0.127. The van der Waals surface area contributed by atoms with Crippen molar-refractivity contribution in [2.75, 3.05) is 13.2 Å². The maximum absolute atomic E-state index is 12.6. The fraction of sp³-hybridized carbons (Fsp3) is 0.217. The van der Waals surface area contributed by atoms with Crippen LogP contribution in [0, 0.1) is 6.92 Å². The number of aryl methyl sites for hydroxylation is 1. The van der Waals surface area contributed by atoms with Crippen LogP contribution in [0.15, 0.2) is 66.1 Å². The molecule has 5 nitrogen and oxygen atoms in total. The number of ether oxygens (including phenoxy) is 1. The van der Waals surface area contributed by atoms with Crippen molar-refractivity contribution >= 4 is 23.3 Å². The molecule has 3 aromatic rings. The van der Waals surface area contributed by atoms with E-state index in [1.807, 2.05) is 66.9 Å². The lowest BCUT2D eigenvalue weighted by atomic mass is 10.2. The van der Waals surface area contributed by atoms with E-state index in [2.05, 4.69) is 4.98 Å². The Morgan fingerprint density at radius 3 is 2.76 bits per heavy atom. The van der Waals surface area contributed by atoms with Gasteiger partial charge < -0.3 is 14.7 Å². The second-order valence-corrected chi connectivity index (χ2v) is 7.58. The summed E-state index contributed by atoms with van der Waals surface area (Å²) in [5.41, 5.74) is 2.80. The van der Waals surface area contributed by atoms with Crippen molar-refractivity contribution in [2.24, 2.45) is 0 Å². The number of rotatable bonds is 9. The van der Waals surface area contributed by atoms with Crippen molar-refractivity contribution < 1.29 is 14.6 Å². The minimum absolute atomic E-state index is 0.0775. The van der Waals surface area contributed by atoms with Crippen molar-refractivity contribution in [3.05, 3.63) is 87.9 Å². The molecule has 0 aliphatic rings. The first-order chi connectivity index (χ1) is 14.1. The van der Waals surface area contributed by atoms with Gasteiger partial charge in [-0.15, -0.1) is 11.3 Å². The number of aliphatic hydroxyl groups is 1. The second kappa shape index (κ2) is 10.5. The maximum atomic E-state index is 12.6. The summed E-state index contributed by atoms with van der Waals surface area (Å²) in [6.07, 6.45) is 3.29. The SMILES string of the molecule is Cc1nc(COc2cccc(/C=C/C(=O)N(CCO)Cc3ccccc3)c2)cs1. The molecule has 0 aliphatic heterocycles. The molecule has 0 radical (unpaired) electrons. The Bertz CT molecular complexity index is 954. The first-order valence-electron chi connectivity index (χ1n) is 9.39. The zero-order chi connectivity index (χ0) is 20.5. The molecule has 0 fully saturated rings. The van der Waals surface area contributed by atoms with Gasteiger partial charge in [0.1, 0.15) is 12.4 Å². The van der Waals surface area contributed by atoms with E-state index in [1.54, 1.807) is 22.3 Å². The number of hydrogen-bond acceptors (Lipinski definition) is 5. The Kier molecular flexibility index (Phi) is 7.55. The van der Waals surface area contributed by atoms with E-state index >= 15 is 0 Å². The normalized spacial score (nSPS) is 11.0. The Morgan fingerprint density at radius 1 is 1.21 bits per heavy atom. The number of benzene rings is 2. The predicted octanol–water partition coefficient (Wildman–Crippen LogP) is 4.06. The summed E-state index contributed by atoms with van der Waals surface area (Å²) in [5, 5.41) is 12.3. The smallest absolute Gasteiger partial charge is 0.246 e. The van der Waals surface area contributed by atoms with Gasteiger partial charge in [0.2, 0.25) is 5.91 Å². The zero-order valence-electron chi connectivity index (χ0n) is 16.3. The van der Waals surface area contributed by atoms with E-state index in [1.165, 1.54) is 6.08 Å². The Morgan fingerprint density at radius 2 is 2.03 bits per heavy atom. The molecule has 0 saturated carbocycles. The first-order valence-corrected chi connectivity index (χ1v) is 10.3. The van der Waals surface area contributed by atoms with Crippen LogP contribution in [0.25, 0.3) is 6.08 Å². The van der Waals surface area contributed by atoms with Crippen LogP contribution in [0.2, 0.25) is 0 Å². The summed E-state index contributed by atoms with van der Waals surface area (Å²) in [5.74, 6) is 0.578. The average Bonchev–Trinajstić information content (AvgIpc) is 3.16. The Balaban J connectivity index is 1.61. The van der Waals surface area contributed by atoms with Crippen molar-refractivity contribution in [2.45, 2.75) is 20.1 Å². The van der Waals surface area contributed by atoms with Gasteiger partial charge >= 0.3 is 0 Å². The average molecular weight is 409 g/mol. The molecule has 6 heteroatoms. The van der Waals surface area contributed by atoms with Crippen molar-refractivity contribution in [3.63, 3.8) is 0 Å². The van der Waals surface area contributed by atoms with E-state index in [9.17, 15) is 9.90 Å². The molecule has 0 saturated heterocycles. The Hall–Kier alpha value is -2.96. The van der Waals surface area contributed by atoms with Gasteiger partial charge in [0.05, 0.1) is 17.3 Å². The molecule has 1 heterocycles. The van der Waals surface area contributed by atoms with Crippen LogP contribution in [-0.2, 0) is 17.9 Å². The van der Waals surface area contributed by atoms with Crippen LogP contribution in [0.5, 0.6) is 5.75 Å². The summed E-state index contributed by atoms with van der Waals surface area (Å²) in [7, 11) is 0. The van der Waals surface area contributed by atoms with Gasteiger partial charge in [-0.05, 0) is 36.3 Å². The number of amides is 1. The number of carbonyl (C=O) groups excluding carboxylic acids is 1. The monoisotopic (exact) mass is 408 g/mol. The molecule has 1 amide bonds. The van der Waals surface area contributed by atoms with E-state index in [4.69, 9.17) is 4.74 Å². The van der Waals surface area contributed by atoms with Crippen molar-refractivity contribution in [1.29, 1.82) is 0 Å². The van der Waals surface area contributed by atoms with Gasteiger partial charge in [-0.25, -0.2) is 4.98 Å². The maximum Gasteiger partial charge on any atom is 0.246 e. The minimum atomic E-state index is -0.146. The number of hydrogen-bond donors (Lipinski definition) is 1. The van der Waals surface area contributed by atoms with Crippen molar-refractivity contribution in [3.8, 4) is 5.75 Å². The molecule has 0 aliphatic carbocycles. The highest BCUT2D eigenvalue weighted by Gasteiger charge is 2.10. The molecule has 0 spiro atoms. The van der Waals surface area contributed by atoms with Gasteiger partial charge in [-0.1, -0.05) is 42.5 Å². The standard InChI is InChI=1S/C23H24N2O3S/c1-18-24-21(17-29-18)16-28-22-9-5-8-19(14-22)10-11-23(27)25(12-13-26)15-20-6-3-2-4-7-20/h2-11,14,17,26H,12-13,15-16H2,1H3/b11-10+.